The molecule has 0 saturated carbocycles. The van der Waals surface area contributed by atoms with E-state index in [2.05, 4.69) is 152 Å². The highest BCUT2D eigenvalue weighted by Gasteiger charge is 2.38. The lowest BCUT2D eigenvalue weighted by atomic mass is 9.92. The summed E-state index contributed by atoms with van der Waals surface area (Å²) in [5.41, 5.74) is 3.93. The first-order valence-corrected chi connectivity index (χ1v) is 43.1. The van der Waals surface area contributed by atoms with Gasteiger partial charge in [-0.15, -0.1) is 45.3 Å². The van der Waals surface area contributed by atoms with E-state index < -0.39 is 0 Å². The van der Waals surface area contributed by atoms with Gasteiger partial charge < -0.3 is 9.80 Å². The Morgan fingerprint density at radius 1 is 0.323 bits per heavy atom. The van der Waals surface area contributed by atoms with E-state index in [1.165, 1.54) is 271 Å². The van der Waals surface area contributed by atoms with Crippen LogP contribution < -0.4 is 20.2 Å². The van der Waals surface area contributed by atoms with Crippen molar-refractivity contribution < 1.29 is 9.59 Å². The normalized spacial score (nSPS) is 14.3. The average Bonchev–Trinajstić information content (AvgIpc) is 1.55. The van der Waals surface area contributed by atoms with Gasteiger partial charge in [0.2, 0.25) is 0 Å². The fraction of sp³-hybridized carbons (Fsp3) is 0.636. The molecule has 4 nitrogen and oxygen atoms in total. The molecule has 0 aliphatic carbocycles. The van der Waals surface area contributed by atoms with Crippen LogP contribution in [0, 0.1) is 11.8 Å². The lowest BCUT2D eigenvalue weighted by Crippen LogP contribution is -2.34. The number of carbonyl (C=O) groups excluding carboxylic acids is 2. The van der Waals surface area contributed by atoms with Crippen molar-refractivity contribution in [2.45, 2.75) is 337 Å². The lowest BCUT2D eigenvalue weighted by Gasteiger charge is -2.28. The van der Waals surface area contributed by atoms with Crippen LogP contribution >= 0.6 is 45.3 Å². The van der Waals surface area contributed by atoms with Crippen LogP contribution in [0.5, 0.6) is 0 Å². The van der Waals surface area contributed by atoms with Crippen LogP contribution in [-0.4, -0.2) is 24.9 Å². The Labute approximate surface area is 600 Å². The quantitative estimate of drug-likeness (QED) is 0.0357. The van der Waals surface area contributed by atoms with Gasteiger partial charge in [0.25, 0.3) is 11.8 Å². The molecule has 0 spiro atoms. The van der Waals surface area contributed by atoms with Crippen molar-refractivity contribution in [1.82, 2.24) is 0 Å². The van der Waals surface area contributed by atoms with Crippen LogP contribution in [0.15, 0.2) is 72.8 Å². The smallest absolute Gasteiger partial charge is 0.260 e. The van der Waals surface area contributed by atoms with Gasteiger partial charge >= 0.3 is 0 Å². The largest absolute Gasteiger partial charge is 0.307 e. The number of anilines is 2. The Kier molecular flexibility index (Phi) is 30.6. The molecule has 3 aromatic carbocycles. The number of hydrogen-bond donors (Lipinski definition) is 0. The van der Waals surface area contributed by atoms with E-state index in [1.54, 1.807) is 22.7 Å². The molecule has 2 aliphatic rings. The molecule has 7 aromatic rings. The molecule has 2 atom stereocenters. The van der Waals surface area contributed by atoms with Gasteiger partial charge in [0.1, 0.15) is 0 Å². The number of fused-ring (bicyclic) bond motifs is 8. The first kappa shape index (κ1) is 76.1. The molecule has 96 heavy (non-hydrogen) atoms. The van der Waals surface area contributed by atoms with E-state index in [4.69, 9.17) is 0 Å². The zero-order valence-electron chi connectivity index (χ0n) is 62.1. The number of amides is 2. The van der Waals surface area contributed by atoms with Gasteiger partial charge in [-0.05, 0) is 95.5 Å². The van der Waals surface area contributed by atoms with Crippen molar-refractivity contribution in [1.29, 1.82) is 0 Å². The number of carbonyl (C=O) groups is 2. The Morgan fingerprint density at radius 3 is 1.03 bits per heavy atom. The van der Waals surface area contributed by atoms with Crippen LogP contribution in [0.2, 0.25) is 0 Å². The van der Waals surface area contributed by atoms with E-state index in [0.29, 0.717) is 11.8 Å². The summed E-state index contributed by atoms with van der Waals surface area (Å²) in [6.45, 7) is 24.6. The molecule has 526 valence electrons. The molecule has 2 amide bonds. The topological polar surface area (TPSA) is 40.6 Å². The maximum absolute atomic E-state index is 16.2. The van der Waals surface area contributed by atoms with Gasteiger partial charge in [0.15, 0.2) is 0 Å². The second-order valence-corrected chi connectivity index (χ2v) is 36.0. The van der Waals surface area contributed by atoms with Crippen molar-refractivity contribution >= 4 is 111 Å². The number of hydrogen-bond acceptors (Lipinski definition) is 6. The molecule has 9 rings (SSSR count). The minimum Gasteiger partial charge on any atom is -0.307 e. The van der Waals surface area contributed by atoms with Gasteiger partial charge in [0.05, 0.1) is 31.9 Å². The molecule has 0 saturated heterocycles. The standard InChI is InChI=1S/C88H128N2O2S4/c1-11-15-19-23-27-31-33-37-41-45-49-65(47-43-39-35-29-25-21-17-13-3)63-89-81-69-54-56-72-80(75-59-60-77(94-75)87(5,6)7)86(92)90(64-66(48-44-40-36-30-26-22-18-14-4)50-46-42-38-34-32-28-24-20-16-12-2)82(72)70(69)53-55-71(81)79(85(89)91)74-58-57-73(93-74)76-61-67-51-52-68-62-78(88(8,9)10)96-84(68)83(67)95-76/h51-62,65-66H,11-50,63-64H2,1-10H3. The number of unbranched alkanes of at least 4 members (excludes halogenated alkanes) is 32. The molecular weight excluding hydrogens is 1250 g/mol. The highest BCUT2D eigenvalue weighted by atomic mass is 32.1. The van der Waals surface area contributed by atoms with Crippen molar-refractivity contribution in [3.8, 4) is 9.75 Å². The molecule has 4 aromatic heterocycles. The van der Waals surface area contributed by atoms with Gasteiger partial charge in [0, 0.05) is 63.6 Å². The van der Waals surface area contributed by atoms with E-state index in [9.17, 15) is 0 Å². The van der Waals surface area contributed by atoms with Crippen molar-refractivity contribution in [2.75, 3.05) is 22.9 Å². The fourth-order valence-electron chi connectivity index (χ4n) is 15.6. The summed E-state index contributed by atoms with van der Waals surface area (Å²) in [4.78, 5) is 44.0. The Bertz CT molecular complexity index is 3650. The number of nitrogens with zero attached hydrogens (tertiary/aromatic N) is 2. The van der Waals surface area contributed by atoms with Gasteiger partial charge in [-0.25, -0.2) is 0 Å². The third-order valence-electron chi connectivity index (χ3n) is 21.5. The summed E-state index contributed by atoms with van der Waals surface area (Å²) >= 11 is 7.46. The third kappa shape index (κ3) is 20.8. The predicted octanol–water partition coefficient (Wildman–Crippen LogP) is 27.7. The van der Waals surface area contributed by atoms with Crippen LogP contribution in [0.3, 0.4) is 0 Å². The zero-order chi connectivity index (χ0) is 67.9. The minimum absolute atomic E-state index is 0.0217. The summed E-state index contributed by atoms with van der Waals surface area (Å²) < 4.78 is 2.75. The molecule has 0 fully saturated rings. The summed E-state index contributed by atoms with van der Waals surface area (Å²) in [5.74, 6) is 1.13. The Morgan fingerprint density at radius 2 is 0.656 bits per heavy atom. The molecule has 0 N–H and O–H groups in total. The highest BCUT2D eigenvalue weighted by Crippen LogP contribution is 2.47. The molecule has 0 radical (unpaired) electrons. The molecule has 6 heterocycles. The SMILES string of the molecule is CCCCCCCCCCCCC(CCCCCCCCCC)CN1C(=O)C(c2ccc(-c3cc4ccc5cc(C(C)(C)C)sc5c4s3)s2)=c2ccc3c4c(ccc3c21)=C(c1ccc(C(C)(C)C)s1)C(=O)N4CC(CCCCCCCCCC)CCCCCCCCCCCC. The number of thiophene rings is 4. The second kappa shape index (κ2) is 38.6. The first-order chi connectivity index (χ1) is 46.6. The van der Waals surface area contributed by atoms with Gasteiger partial charge in [-0.2, -0.15) is 0 Å². The van der Waals surface area contributed by atoms with Crippen LogP contribution in [0.1, 0.15) is 346 Å². The fourth-order valence-corrected chi connectivity index (χ4v) is 20.4. The predicted molar refractivity (Wildman–Crippen MR) is 430 cm³/mol. The molecular formula is C88H128N2O2S4. The maximum atomic E-state index is 16.2. The van der Waals surface area contributed by atoms with Crippen molar-refractivity contribution in [3.63, 3.8) is 0 Å². The molecule has 2 aliphatic heterocycles. The Hall–Kier alpha value is -4.08. The maximum Gasteiger partial charge on any atom is 0.260 e. The van der Waals surface area contributed by atoms with Gasteiger partial charge in [-0.3, -0.25) is 9.59 Å². The van der Waals surface area contributed by atoms with Crippen molar-refractivity contribution in [2.24, 2.45) is 11.8 Å². The molecule has 0 bridgehead atoms. The summed E-state index contributed by atoms with van der Waals surface area (Å²) in [6, 6.07) is 27.7. The molecule has 2 unspecified atom stereocenters. The van der Waals surface area contributed by atoms with Crippen LogP contribution in [0.25, 0.3) is 51.8 Å². The lowest BCUT2D eigenvalue weighted by molar-refractivity contribution is -0.114. The monoisotopic (exact) mass is 1370 g/mol. The Balaban J connectivity index is 1.10. The zero-order valence-corrected chi connectivity index (χ0v) is 65.4. The van der Waals surface area contributed by atoms with Crippen LogP contribution in [0.4, 0.5) is 11.4 Å². The third-order valence-corrected chi connectivity index (χ3v) is 27.2. The second-order valence-electron chi connectivity index (χ2n) is 31.8. The summed E-state index contributed by atoms with van der Waals surface area (Å²) in [6.07, 6.45) is 52.2. The molecule has 8 heteroatoms. The number of rotatable bonds is 47. The summed E-state index contributed by atoms with van der Waals surface area (Å²) in [5, 5.41) is 6.98. The van der Waals surface area contributed by atoms with E-state index in [1.807, 2.05) is 22.7 Å². The van der Waals surface area contributed by atoms with E-state index in [-0.39, 0.29) is 22.6 Å². The highest BCUT2D eigenvalue weighted by molar-refractivity contribution is 7.30. The number of benzene rings is 3. The minimum atomic E-state index is -0.0217. The average molecular weight is 1370 g/mol. The van der Waals surface area contributed by atoms with Crippen LogP contribution in [-0.2, 0) is 20.4 Å². The van der Waals surface area contributed by atoms with E-state index in [0.717, 1.165) is 92.3 Å². The van der Waals surface area contributed by atoms with Gasteiger partial charge in [-0.1, -0.05) is 337 Å². The van der Waals surface area contributed by atoms with E-state index >= 15 is 9.59 Å². The first-order valence-electron chi connectivity index (χ1n) is 39.8. The summed E-state index contributed by atoms with van der Waals surface area (Å²) in [7, 11) is 0. The van der Waals surface area contributed by atoms with Crippen molar-refractivity contribution in [3.05, 3.63) is 103 Å².